The van der Waals surface area contributed by atoms with Crippen LogP contribution in [-0.2, 0) is 12.4 Å². The van der Waals surface area contributed by atoms with E-state index in [9.17, 15) is 0 Å². The zero-order chi connectivity index (χ0) is 8.97. The lowest BCUT2D eigenvalue weighted by atomic mass is 10.1. The Kier molecular flexibility index (Phi) is 6.13. The van der Waals surface area contributed by atoms with Crippen molar-refractivity contribution in [3.8, 4) is 0 Å². The average Bonchev–Trinajstić information content (AvgIpc) is 2.05. The first-order chi connectivity index (χ1) is 5.72. The number of rotatable bonds is 3. The minimum atomic E-state index is 0. The van der Waals surface area contributed by atoms with Gasteiger partial charge in [-0.3, -0.25) is 0 Å². The number of hydrogen-bond acceptors (Lipinski definition) is 1. The summed E-state index contributed by atoms with van der Waals surface area (Å²) >= 11 is 5.67. The molecule has 3 heteroatoms. The smallest absolute Gasteiger partial charge is 0.0474 e. The van der Waals surface area contributed by atoms with Gasteiger partial charge in [-0.2, -0.15) is 0 Å². The van der Waals surface area contributed by atoms with Gasteiger partial charge in [0.05, 0.1) is 0 Å². The molecule has 0 heterocycles. The van der Waals surface area contributed by atoms with Gasteiger partial charge in [0.15, 0.2) is 0 Å². The fraction of sp³-hybridized carbons (Fsp3) is 0.400. The highest BCUT2D eigenvalue weighted by Crippen LogP contribution is 2.07. The molecule has 1 aromatic carbocycles. The van der Waals surface area contributed by atoms with Gasteiger partial charge in [0.1, 0.15) is 0 Å². The average molecular weight is 220 g/mol. The molecule has 0 N–H and O–H groups in total. The van der Waals surface area contributed by atoms with Crippen LogP contribution in [0.15, 0.2) is 24.3 Å². The molecule has 0 spiro atoms. The zero-order valence-electron chi connectivity index (χ0n) is 7.96. The van der Waals surface area contributed by atoms with Gasteiger partial charge >= 0.3 is 0 Å². The van der Waals surface area contributed by atoms with E-state index >= 15 is 0 Å². The summed E-state index contributed by atoms with van der Waals surface area (Å²) in [5.41, 5.74) is 2.51. The van der Waals surface area contributed by atoms with Crippen molar-refractivity contribution in [2.45, 2.75) is 12.4 Å². The normalized spacial score (nSPS) is 9.85. The fourth-order valence-electron chi connectivity index (χ4n) is 1.10. The van der Waals surface area contributed by atoms with Crippen molar-refractivity contribution >= 4 is 24.0 Å². The molecular formula is C10H15Cl2N. The Morgan fingerprint density at radius 1 is 1.08 bits per heavy atom. The minimum absolute atomic E-state index is 0. The van der Waals surface area contributed by atoms with Crippen LogP contribution in [-0.4, -0.2) is 19.0 Å². The maximum absolute atomic E-state index is 5.67. The molecule has 0 bridgehead atoms. The molecule has 0 saturated heterocycles. The Balaban J connectivity index is 0.00000144. The highest BCUT2D eigenvalue weighted by atomic mass is 35.5. The molecule has 13 heavy (non-hydrogen) atoms. The van der Waals surface area contributed by atoms with E-state index in [1.165, 1.54) is 11.1 Å². The summed E-state index contributed by atoms with van der Waals surface area (Å²) in [4.78, 5) is 2.15. The molecule has 0 unspecified atom stereocenters. The quantitative estimate of drug-likeness (QED) is 0.708. The van der Waals surface area contributed by atoms with E-state index in [-0.39, 0.29) is 12.4 Å². The first-order valence-corrected chi connectivity index (χ1v) is 4.54. The van der Waals surface area contributed by atoms with Crippen LogP contribution >= 0.6 is 24.0 Å². The lowest BCUT2D eigenvalue weighted by Gasteiger charge is -2.09. The van der Waals surface area contributed by atoms with E-state index in [0.29, 0.717) is 5.88 Å². The number of benzene rings is 1. The minimum Gasteiger partial charge on any atom is -0.305 e. The molecule has 0 aliphatic heterocycles. The van der Waals surface area contributed by atoms with Crippen LogP contribution in [0, 0.1) is 0 Å². The largest absolute Gasteiger partial charge is 0.305 e. The highest BCUT2D eigenvalue weighted by Gasteiger charge is 1.94. The Labute approximate surface area is 91.1 Å². The molecular weight excluding hydrogens is 205 g/mol. The molecule has 0 aromatic heterocycles. The predicted molar refractivity (Wildman–Crippen MR) is 60.6 cm³/mol. The zero-order valence-corrected chi connectivity index (χ0v) is 9.53. The maximum atomic E-state index is 5.67. The van der Waals surface area contributed by atoms with Gasteiger partial charge in [-0.05, 0) is 25.2 Å². The highest BCUT2D eigenvalue weighted by molar-refractivity contribution is 6.17. The number of alkyl halides is 1. The molecule has 0 saturated carbocycles. The van der Waals surface area contributed by atoms with Gasteiger partial charge in [-0.1, -0.05) is 24.3 Å². The second-order valence-corrected chi connectivity index (χ2v) is 3.46. The first-order valence-electron chi connectivity index (χ1n) is 4.01. The summed E-state index contributed by atoms with van der Waals surface area (Å²) in [7, 11) is 4.13. The third-order valence-electron chi connectivity index (χ3n) is 1.68. The number of hydrogen-bond donors (Lipinski definition) is 0. The van der Waals surface area contributed by atoms with Crippen molar-refractivity contribution in [1.29, 1.82) is 0 Å². The predicted octanol–water partition coefficient (Wildman–Crippen LogP) is 2.91. The van der Waals surface area contributed by atoms with Crippen LogP contribution in [0.4, 0.5) is 0 Å². The van der Waals surface area contributed by atoms with Gasteiger partial charge in [0, 0.05) is 12.4 Å². The van der Waals surface area contributed by atoms with E-state index in [0.717, 1.165) is 6.54 Å². The Morgan fingerprint density at radius 3 is 1.92 bits per heavy atom. The molecule has 1 nitrogen and oxygen atoms in total. The lowest BCUT2D eigenvalue weighted by molar-refractivity contribution is 0.402. The van der Waals surface area contributed by atoms with Crippen LogP contribution in [0.1, 0.15) is 11.1 Å². The Hall–Kier alpha value is -0.240. The standard InChI is InChI=1S/C10H14ClN.ClH/c1-12(2)8-10-5-3-9(7-11)4-6-10;/h3-6H,7-8H2,1-2H3;1H. The van der Waals surface area contributed by atoms with Crippen LogP contribution in [0.3, 0.4) is 0 Å². The first kappa shape index (κ1) is 12.8. The fourth-order valence-corrected chi connectivity index (χ4v) is 1.28. The van der Waals surface area contributed by atoms with Gasteiger partial charge < -0.3 is 4.90 Å². The summed E-state index contributed by atoms with van der Waals surface area (Å²) in [6, 6.07) is 8.40. The van der Waals surface area contributed by atoms with Crippen molar-refractivity contribution in [2.24, 2.45) is 0 Å². The van der Waals surface area contributed by atoms with E-state index in [4.69, 9.17) is 11.6 Å². The summed E-state index contributed by atoms with van der Waals surface area (Å²) in [5, 5.41) is 0. The van der Waals surface area contributed by atoms with Crippen LogP contribution in [0.2, 0.25) is 0 Å². The second kappa shape index (κ2) is 6.25. The van der Waals surface area contributed by atoms with Crippen molar-refractivity contribution < 1.29 is 0 Å². The molecule has 0 atom stereocenters. The van der Waals surface area contributed by atoms with E-state index in [2.05, 4.69) is 43.3 Å². The van der Waals surface area contributed by atoms with E-state index in [1.807, 2.05) is 0 Å². The van der Waals surface area contributed by atoms with Crippen LogP contribution in [0.5, 0.6) is 0 Å². The van der Waals surface area contributed by atoms with E-state index < -0.39 is 0 Å². The Bertz CT molecular complexity index is 231. The molecule has 0 aliphatic rings. The number of nitrogens with zero attached hydrogens (tertiary/aromatic N) is 1. The van der Waals surface area contributed by atoms with Gasteiger partial charge in [0.25, 0.3) is 0 Å². The molecule has 0 aliphatic carbocycles. The van der Waals surface area contributed by atoms with Crippen molar-refractivity contribution in [1.82, 2.24) is 4.90 Å². The topological polar surface area (TPSA) is 3.24 Å². The molecule has 0 radical (unpaired) electrons. The van der Waals surface area contributed by atoms with Crippen molar-refractivity contribution in [3.63, 3.8) is 0 Å². The molecule has 1 rings (SSSR count). The number of halogens is 2. The monoisotopic (exact) mass is 219 g/mol. The van der Waals surface area contributed by atoms with Crippen molar-refractivity contribution in [2.75, 3.05) is 14.1 Å². The van der Waals surface area contributed by atoms with Gasteiger partial charge in [-0.15, -0.1) is 24.0 Å². The van der Waals surface area contributed by atoms with Crippen molar-refractivity contribution in [3.05, 3.63) is 35.4 Å². The lowest BCUT2D eigenvalue weighted by Crippen LogP contribution is -2.10. The van der Waals surface area contributed by atoms with E-state index in [1.54, 1.807) is 0 Å². The maximum Gasteiger partial charge on any atom is 0.0474 e. The molecule has 1 aromatic rings. The molecule has 0 fully saturated rings. The Morgan fingerprint density at radius 2 is 1.54 bits per heavy atom. The van der Waals surface area contributed by atoms with Gasteiger partial charge in [0.2, 0.25) is 0 Å². The third kappa shape index (κ3) is 4.51. The van der Waals surface area contributed by atoms with Crippen LogP contribution < -0.4 is 0 Å². The summed E-state index contributed by atoms with van der Waals surface area (Å²) < 4.78 is 0. The summed E-state index contributed by atoms with van der Waals surface area (Å²) in [6.07, 6.45) is 0. The second-order valence-electron chi connectivity index (χ2n) is 3.19. The summed E-state index contributed by atoms with van der Waals surface area (Å²) in [5.74, 6) is 0.599. The molecule has 74 valence electrons. The molecule has 0 amide bonds. The third-order valence-corrected chi connectivity index (χ3v) is 1.98. The SMILES string of the molecule is CN(C)Cc1ccc(CCl)cc1.Cl. The van der Waals surface area contributed by atoms with Gasteiger partial charge in [-0.25, -0.2) is 0 Å². The summed E-state index contributed by atoms with van der Waals surface area (Å²) in [6.45, 7) is 0.989. The van der Waals surface area contributed by atoms with Crippen LogP contribution in [0.25, 0.3) is 0 Å².